The van der Waals surface area contributed by atoms with Gasteiger partial charge in [0.25, 0.3) is 0 Å². The number of nitrogens with one attached hydrogen (secondary N) is 7. The first-order valence-corrected chi connectivity index (χ1v) is 27.3. The summed E-state index contributed by atoms with van der Waals surface area (Å²) in [5.41, 5.74) is 5.47. The van der Waals surface area contributed by atoms with Gasteiger partial charge in [0.15, 0.2) is 0 Å². The minimum Gasteiger partial charge on any atom is -0.481 e. The lowest BCUT2D eigenvalue weighted by Crippen LogP contribution is -2.58. The summed E-state index contributed by atoms with van der Waals surface area (Å²) in [6.45, 7) is 11.9. The Morgan fingerprint density at radius 2 is 1.29 bits per heavy atom. The number of amides is 9. The fourth-order valence-electron chi connectivity index (χ4n) is 8.85. The molecule has 0 saturated heterocycles. The Hall–Kier alpha value is -8.29. The van der Waals surface area contributed by atoms with Crippen molar-refractivity contribution in [3.8, 4) is 11.1 Å². The molecule has 0 fully saturated rings. The van der Waals surface area contributed by atoms with Gasteiger partial charge >= 0.3 is 11.9 Å². The highest BCUT2D eigenvalue weighted by molar-refractivity contribution is 5.97. The maximum absolute atomic E-state index is 15.4. The number of nitrogens with zero attached hydrogens (tertiary/aromatic N) is 2. The van der Waals surface area contributed by atoms with Crippen LogP contribution < -0.4 is 43.0 Å². The van der Waals surface area contributed by atoms with E-state index in [2.05, 4.69) is 37.2 Å². The zero-order valence-corrected chi connectivity index (χ0v) is 48.2. The number of primary amides is 1. The third-order valence-electron chi connectivity index (χ3n) is 13.8. The molecule has 0 aliphatic rings. The molecule has 456 valence electrons. The monoisotopic (exact) mass is 1170 g/mol. The van der Waals surface area contributed by atoms with E-state index in [0.29, 0.717) is 18.5 Å². The maximum atomic E-state index is 15.4. The lowest BCUT2D eigenvalue weighted by Gasteiger charge is -2.41. The van der Waals surface area contributed by atoms with E-state index in [1.54, 1.807) is 55.8 Å². The molecule has 3 rings (SSSR count). The molecular weight excluding hydrogens is 1090 g/mol. The number of benzene rings is 2. The van der Waals surface area contributed by atoms with Crippen molar-refractivity contribution in [3.63, 3.8) is 0 Å². The third-order valence-corrected chi connectivity index (χ3v) is 13.8. The Bertz CT molecular complexity index is 2780. The van der Waals surface area contributed by atoms with E-state index in [-0.39, 0.29) is 48.4 Å². The number of aromatic nitrogens is 1. The van der Waals surface area contributed by atoms with Crippen LogP contribution >= 0.6 is 0 Å². The molecule has 24 nitrogen and oxygen atoms in total. The quantitative estimate of drug-likeness (QED) is 0.0409. The number of aliphatic hydroxyl groups excluding tert-OH is 1. The Morgan fingerprint density at radius 3 is 1.88 bits per heavy atom. The van der Waals surface area contributed by atoms with Gasteiger partial charge in [0, 0.05) is 73.9 Å². The van der Waals surface area contributed by atoms with E-state index in [9.17, 15) is 67.3 Å². The van der Waals surface area contributed by atoms with Crippen molar-refractivity contribution in [2.45, 2.75) is 168 Å². The van der Waals surface area contributed by atoms with Gasteiger partial charge in [-0.3, -0.25) is 47.9 Å². The molecule has 83 heavy (non-hydrogen) atoms. The van der Waals surface area contributed by atoms with Gasteiger partial charge in [-0.15, -0.1) is 0 Å². The van der Waals surface area contributed by atoms with Crippen LogP contribution in [0.3, 0.4) is 0 Å². The molecule has 0 saturated carbocycles. The smallest absolute Gasteiger partial charge is 0.326 e. The molecule has 0 spiro atoms. The molecule has 0 aliphatic carbocycles. The summed E-state index contributed by atoms with van der Waals surface area (Å²) in [6, 6.07) is 4.81. The number of aliphatic hydroxyl groups is 1. The van der Waals surface area contributed by atoms with Gasteiger partial charge in [-0.1, -0.05) is 65.0 Å². The van der Waals surface area contributed by atoms with Crippen molar-refractivity contribution >= 4 is 65.1 Å². The fourth-order valence-corrected chi connectivity index (χ4v) is 8.85. The van der Waals surface area contributed by atoms with E-state index in [1.165, 1.54) is 18.7 Å². The molecule has 0 aliphatic heterocycles. The van der Waals surface area contributed by atoms with Gasteiger partial charge in [-0.25, -0.2) is 13.6 Å². The molecular formula is C57H80F2N10O14. The molecule has 3 aromatic rings. The number of carbonyl (C=O) groups excluding carboxylic acids is 9. The van der Waals surface area contributed by atoms with E-state index in [4.69, 9.17) is 10.8 Å². The number of carbonyl (C=O) groups is 11. The van der Waals surface area contributed by atoms with Crippen molar-refractivity contribution in [1.29, 1.82) is 0 Å². The first kappa shape index (κ1) is 69.0. The van der Waals surface area contributed by atoms with Crippen molar-refractivity contribution in [2.75, 3.05) is 19.7 Å². The van der Waals surface area contributed by atoms with Gasteiger partial charge in [0.1, 0.15) is 48.5 Å². The molecule has 0 bridgehead atoms. The maximum Gasteiger partial charge on any atom is 0.326 e. The molecule has 26 heteroatoms. The van der Waals surface area contributed by atoms with Crippen LogP contribution in [0.15, 0.2) is 60.8 Å². The summed E-state index contributed by atoms with van der Waals surface area (Å²) in [4.78, 5) is 144. The highest BCUT2D eigenvalue weighted by atomic mass is 19.1. The molecule has 12 N–H and O–H groups in total. The van der Waals surface area contributed by atoms with Crippen molar-refractivity contribution in [3.05, 3.63) is 83.7 Å². The number of aliphatic carboxylic acids is 2. The number of hydrogen-bond acceptors (Lipinski definition) is 12. The molecule has 1 heterocycles. The number of carboxylic acid groups (broad SMARTS) is 2. The predicted molar refractivity (Wildman–Crippen MR) is 299 cm³/mol. The average molecular weight is 1170 g/mol. The molecule has 9 amide bonds. The molecule has 0 unspecified atom stereocenters. The van der Waals surface area contributed by atoms with Crippen LogP contribution in [-0.2, 0) is 59.3 Å². The molecule has 0 radical (unpaired) electrons. The molecule has 2 aromatic carbocycles. The van der Waals surface area contributed by atoms with Crippen molar-refractivity contribution in [1.82, 2.24) is 46.7 Å². The summed E-state index contributed by atoms with van der Waals surface area (Å²) in [6.07, 6.45) is 0.233. The van der Waals surface area contributed by atoms with Crippen molar-refractivity contribution in [2.24, 2.45) is 11.1 Å². The van der Waals surface area contributed by atoms with Crippen LogP contribution in [-0.4, -0.2) is 145 Å². The fraction of sp³-hybridized carbons (Fsp3) is 0.526. The van der Waals surface area contributed by atoms with Gasteiger partial charge < -0.3 is 67.7 Å². The lowest BCUT2D eigenvalue weighted by atomic mass is 9.82. The minimum atomic E-state index is -1.82. The third kappa shape index (κ3) is 22.5. The second-order valence-electron chi connectivity index (χ2n) is 21.6. The lowest BCUT2D eigenvalue weighted by molar-refractivity contribution is -0.143. The molecule has 1 aromatic heterocycles. The summed E-state index contributed by atoms with van der Waals surface area (Å²) in [7, 11) is 0. The van der Waals surface area contributed by atoms with Crippen LogP contribution in [0.5, 0.6) is 0 Å². The molecule has 6 atom stereocenters. The van der Waals surface area contributed by atoms with Gasteiger partial charge in [-0.05, 0) is 88.1 Å². The summed E-state index contributed by atoms with van der Waals surface area (Å²) < 4.78 is 31.8. The first-order valence-electron chi connectivity index (χ1n) is 27.3. The zero-order valence-electron chi connectivity index (χ0n) is 48.2. The van der Waals surface area contributed by atoms with Crippen LogP contribution in [0.4, 0.5) is 8.78 Å². The Labute approximate surface area is 480 Å². The number of carboxylic acids is 2. The van der Waals surface area contributed by atoms with Gasteiger partial charge in [-0.2, -0.15) is 0 Å². The standard InChI is InChI=1S/C57H80F2N10O14/c1-9-57(8,10-2)67-47(74)18-14-17-45(72)62-33(3)51(78)63-34(4)52(79)66-42(29-44(60)71)54(81)65-40(53(80)61-25-23-46(73)64-41(55(82)83)21-22-49(76)77)24-26-69(48(75)32-70)50(56(5,6)7)43-27-36(38-28-37(58)19-20-39(38)59)31-68(43)30-35-15-12-11-13-16-35/h11-13,15-16,19-20,27-28,31,33-34,40-42,50,70H,9-10,14,17-18,21-26,29-30,32H2,1-8H3,(H2,60,71)(H,61,80)(H,62,72)(H,63,78)(H,64,73)(H,65,81)(H,66,79)(H,67,74)(H,76,77)(H,82,83)/t33-,34+,40-,41+,42-,50-/m0/s1. The second kappa shape index (κ2) is 32.4. The summed E-state index contributed by atoms with van der Waals surface area (Å²) in [5.74, 6) is -12.0. The largest absolute Gasteiger partial charge is 0.481 e. The SMILES string of the molecule is CCC(C)(CC)NC(=O)CCCC(=O)N[C@@H](C)C(=O)N[C@H](C)C(=O)N[C@@H](CC(N)=O)C(=O)N[C@@H](CCN(C(=O)CO)[C@@H](c1cc(-c2cc(F)ccc2F)cn1Cc1ccccc1)C(C)(C)C)C(=O)NCCC(=O)N[C@H](CCC(=O)O)C(=O)O. The number of hydrogen-bond donors (Lipinski definition) is 11. The van der Waals surface area contributed by atoms with E-state index < -0.39 is 164 Å². The Kier molecular flexibility index (Phi) is 26.9. The zero-order chi connectivity index (χ0) is 62.4. The predicted octanol–water partition coefficient (Wildman–Crippen LogP) is 2.44. The van der Waals surface area contributed by atoms with Crippen molar-refractivity contribution < 1.29 is 76.8 Å². The Morgan fingerprint density at radius 1 is 0.687 bits per heavy atom. The topological polar surface area (TPSA) is 367 Å². The number of rotatable bonds is 34. The summed E-state index contributed by atoms with van der Waals surface area (Å²) in [5, 5.41) is 46.3. The van der Waals surface area contributed by atoms with Crippen LogP contribution in [0, 0.1) is 17.0 Å². The van der Waals surface area contributed by atoms with E-state index in [0.717, 1.165) is 23.8 Å². The van der Waals surface area contributed by atoms with Gasteiger partial charge in [0.2, 0.25) is 53.2 Å². The van der Waals surface area contributed by atoms with E-state index in [1.807, 2.05) is 32.9 Å². The first-order chi connectivity index (χ1) is 38.9. The van der Waals surface area contributed by atoms with Crippen LogP contribution in [0.25, 0.3) is 11.1 Å². The highest BCUT2D eigenvalue weighted by Gasteiger charge is 2.39. The minimum absolute atomic E-state index is 0.0653. The Balaban J connectivity index is 1.96. The van der Waals surface area contributed by atoms with E-state index >= 15 is 4.39 Å². The normalized spacial score (nSPS) is 13.6. The van der Waals surface area contributed by atoms with Crippen LogP contribution in [0.2, 0.25) is 0 Å². The number of halogens is 2. The van der Waals surface area contributed by atoms with Crippen LogP contribution in [0.1, 0.15) is 137 Å². The van der Waals surface area contributed by atoms with Gasteiger partial charge in [0.05, 0.1) is 12.5 Å². The second-order valence-corrected chi connectivity index (χ2v) is 21.6. The number of nitrogens with two attached hydrogens (primary N) is 1. The summed E-state index contributed by atoms with van der Waals surface area (Å²) >= 11 is 0. The average Bonchev–Trinajstić information content (AvgIpc) is 4.08. The highest BCUT2D eigenvalue weighted by Crippen LogP contribution is 2.41.